The molecule has 0 saturated carbocycles. The van der Waals surface area contributed by atoms with Gasteiger partial charge in [-0.1, -0.05) is 60.7 Å². The van der Waals surface area contributed by atoms with Gasteiger partial charge in [0.05, 0.1) is 0 Å². The Hall–Kier alpha value is -3.75. The third-order valence-corrected chi connectivity index (χ3v) is 5.88. The highest BCUT2D eigenvalue weighted by atomic mass is 32.2. The highest BCUT2D eigenvalue weighted by Crippen LogP contribution is 2.32. The lowest BCUT2D eigenvalue weighted by molar-refractivity contribution is 0.0890. The molecule has 0 amide bonds. The van der Waals surface area contributed by atoms with Gasteiger partial charge in [0.15, 0.2) is 12.2 Å². The first-order valence-electron chi connectivity index (χ1n) is 9.35. The number of fused-ring (bicyclic) bond motifs is 4. The average molecular weight is 433 g/mol. The fraction of sp³-hybridized carbons (Fsp3) is 0.0435. The van der Waals surface area contributed by atoms with E-state index in [9.17, 15) is 17.8 Å². The Balaban J connectivity index is 1.52. The molecule has 1 aromatic heterocycles. The molecule has 4 aromatic carbocycles. The Kier molecular flexibility index (Phi) is 4.46. The maximum atomic E-state index is 12.7. The molecule has 1 heterocycles. The predicted molar refractivity (Wildman–Crippen MR) is 115 cm³/mol. The molecule has 0 atom stereocenters. The molecule has 5 rings (SSSR count). The molecular formula is C23H15NO6S. The highest BCUT2D eigenvalue weighted by Gasteiger charge is 2.22. The van der Waals surface area contributed by atoms with Gasteiger partial charge in [0.25, 0.3) is 21.8 Å². The highest BCUT2D eigenvalue weighted by molar-refractivity contribution is 7.86. The molecule has 0 spiro atoms. The SMILES string of the molecule is O=C(COc1cccc2ccccc12)c1nc2c(cc(S(=O)(=O)O)c3ccccc32)o1. The monoisotopic (exact) mass is 433 g/mol. The number of oxazole rings is 1. The first-order chi connectivity index (χ1) is 14.9. The summed E-state index contributed by atoms with van der Waals surface area (Å²) in [7, 11) is -4.50. The van der Waals surface area contributed by atoms with Crippen LogP contribution in [0, 0.1) is 0 Å². The van der Waals surface area contributed by atoms with E-state index < -0.39 is 15.9 Å². The lowest BCUT2D eigenvalue weighted by atomic mass is 10.1. The van der Waals surface area contributed by atoms with Gasteiger partial charge in [-0.2, -0.15) is 8.42 Å². The van der Waals surface area contributed by atoms with Crippen molar-refractivity contribution in [2.45, 2.75) is 4.90 Å². The number of carbonyl (C=O) groups excluding carboxylic acids is 1. The average Bonchev–Trinajstić information content (AvgIpc) is 3.21. The third kappa shape index (κ3) is 3.41. The quantitative estimate of drug-likeness (QED) is 0.318. The first kappa shape index (κ1) is 19.2. The number of ketones is 1. The van der Waals surface area contributed by atoms with E-state index in [-0.39, 0.29) is 28.4 Å². The minimum atomic E-state index is -4.50. The van der Waals surface area contributed by atoms with Crippen LogP contribution in [0.25, 0.3) is 32.6 Å². The number of rotatable bonds is 5. The lowest BCUT2D eigenvalue weighted by Gasteiger charge is -2.07. The zero-order valence-electron chi connectivity index (χ0n) is 16.0. The molecule has 154 valence electrons. The van der Waals surface area contributed by atoms with Crippen LogP contribution in [0.15, 0.2) is 82.1 Å². The number of hydrogen-bond donors (Lipinski definition) is 1. The number of nitrogens with zero attached hydrogens (tertiary/aromatic N) is 1. The number of hydrogen-bond acceptors (Lipinski definition) is 6. The molecule has 1 N–H and O–H groups in total. The Morgan fingerprint density at radius 2 is 1.61 bits per heavy atom. The van der Waals surface area contributed by atoms with E-state index in [1.165, 1.54) is 6.07 Å². The smallest absolute Gasteiger partial charge is 0.295 e. The molecule has 0 saturated heterocycles. The Morgan fingerprint density at radius 3 is 2.39 bits per heavy atom. The van der Waals surface area contributed by atoms with Crippen molar-refractivity contribution in [3.63, 3.8) is 0 Å². The Morgan fingerprint density at radius 1 is 0.935 bits per heavy atom. The van der Waals surface area contributed by atoms with Crippen molar-refractivity contribution >= 4 is 48.5 Å². The largest absolute Gasteiger partial charge is 0.485 e. The fourth-order valence-corrected chi connectivity index (χ4v) is 4.30. The summed E-state index contributed by atoms with van der Waals surface area (Å²) in [6, 6.07) is 20.9. The van der Waals surface area contributed by atoms with Crippen LogP contribution >= 0.6 is 0 Å². The van der Waals surface area contributed by atoms with E-state index in [0.29, 0.717) is 16.7 Å². The molecule has 7 nitrogen and oxygen atoms in total. The van der Waals surface area contributed by atoms with Gasteiger partial charge in [-0.15, -0.1) is 0 Å². The van der Waals surface area contributed by atoms with Crippen molar-refractivity contribution < 1.29 is 26.9 Å². The topological polar surface area (TPSA) is 107 Å². The number of aromatic nitrogens is 1. The minimum absolute atomic E-state index is 0.0832. The van der Waals surface area contributed by atoms with Crippen LogP contribution in [0.4, 0.5) is 0 Å². The van der Waals surface area contributed by atoms with Crippen LogP contribution in [0.3, 0.4) is 0 Å². The van der Waals surface area contributed by atoms with Gasteiger partial charge in [-0.25, -0.2) is 4.98 Å². The van der Waals surface area contributed by atoms with Gasteiger partial charge < -0.3 is 9.15 Å². The number of benzene rings is 4. The second kappa shape index (κ2) is 7.19. The summed E-state index contributed by atoms with van der Waals surface area (Å²) in [6.07, 6.45) is 0. The first-order valence-corrected chi connectivity index (χ1v) is 10.8. The minimum Gasteiger partial charge on any atom is -0.485 e. The van der Waals surface area contributed by atoms with Crippen molar-refractivity contribution in [3.8, 4) is 5.75 Å². The molecule has 31 heavy (non-hydrogen) atoms. The van der Waals surface area contributed by atoms with Crippen molar-refractivity contribution in [1.29, 1.82) is 0 Å². The second-order valence-corrected chi connectivity index (χ2v) is 8.34. The second-order valence-electron chi connectivity index (χ2n) is 6.95. The van der Waals surface area contributed by atoms with E-state index >= 15 is 0 Å². The van der Waals surface area contributed by atoms with Crippen LogP contribution in [0.1, 0.15) is 10.7 Å². The van der Waals surface area contributed by atoms with Crippen LogP contribution in [-0.4, -0.2) is 30.3 Å². The number of carbonyl (C=O) groups is 1. The summed E-state index contributed by atoms with van der Waals surface area (Å²) in [5.74, 6) is -0.142. The maximum Gasteiger partial charge on any atom is 0.295 e. The normalized spacial score (nSPS) is 11.9. The number of Topliss-reactive ketones (excluding diaryl/α,β-unsaturated/α-hetero) is 1. The zero-order valence-corrected chi connectivity index (χ0v) is 16.8. The van der Waals surface area contributed by atoms with Crippen LogP contribution in [-0.2, 0) is 10.1 Å². The van der Waals surface area contributed by atoms with Crippen LogP contribution in [0.2, 0.25) is 0 Å². The van der Waals surface area contributed by atoms with Crippen molar-refractivity contribution in [2.24, 2.45) is 0 Å². The predicted octanol–water partition coefficient (Wildman–Crippen LogP) is 4.64. The number of ether oxygens (including phenoxy) is 1. The molecule has 0 bridgehead atoms. The van der Waals surface area contributed by atoms with Crippen molar-refractivity contribution in [3.05, 3.63) is 78.7 Å². The van der Waals surface area contributed by atoms with E-state index in [2.05, 4.69) is 4.98 Å². The Bertz CT molecular complexity index is 1580. The molecular weight excluding hydrogens is 418 g/mol. The summed E-state index contributed by atoms with van der Waals surface area (Å²) >= 11 is 0. The van der Waals surface area contributed by atoms with Crippen molar-refractivity contribution in [1.82, 2.24) is 4.98 Å². The molecule has 0 radical (unpaired) electrons. The van der Waals surface area contributed by atoms with Crippen LogP contribution < -0.4 is 4.74 Å². The van der Waals surface area contributed by atoms with E-state index in [4.69, 9.17) is 9.15 Å². The lowest BCUT2D eigenvalue weighted by Crippen LogP contribution is -2.12. The third-order valence-electron chi connectivity index (χ3n) is 4.99. The molecule has 0 fully saturated rings. The fourth-order valence-electron chi connectivity index (χ4n) is 3.58. The molecule has 5 aromatic rings. The summed E-state index contributed by atoms with van der Waals surface area (Å²) in [6.45, 7) is -0.302. The molecule has 8 heteroatoms. The summed E-state index contributed by atoms with van der Waals surface area (Å²) in [5.41, 5.74) is 0.413. The summed E-state index contributed by atoms with van der Waals surface area (Å²) < 4.78 is 44.4. The van der Waals surface area contributed by atoms with E-state index in [1.807, 2.05) is 36.4 Å². The van der Waals surface area contributed by atoms with E-state index in [0.717, 1.165) is 10.8 Å². The molecule has 0 aliphatic carbocycles. The van der Waals surface area contributed by atoms with Gasteiger partial charge in [0, 0.05) is 22.2 Å². The van der Waals surface area contributed by atoms with Gasteiger partial charge in [-0.3, -0.25) is 9.35 Å². The maximum absolute atomic E-state index is 12.7. The van der Waals surface area contributed by atoms with Gasteiger partial charge in [-0.05, 0) is 11.5 Å². The van der Waals surface area contributed by atoms with Crippen LogP contribution in [0.5, 0.6) is 5.75 Å². The van der Waals surface area contributed by atoms with E-state index in [1.54, 1.807) is 30.3 Å². The summed E-state index contributed by atoms with van der Waals surface area (Å²) in [4.78, 5) is 16.7. The molecule has 0 aliphatic rings. The van der Waals surface area contributed by atoms with Gasteiger partial charge >= 0.3 is 0 Å². The zero-order chi connectivity index (χ0) is 21.6. The van der Waals surface area contributed by atoms with Gasteiger partial charge in [0.1, 0.15) is 16.2 Å². The Labute approximate surface area is 176 Å². The van der Waals surface area contributed by atoms with Gasteiger partial charge in [0.2, 0.25) is 0 Å². The summed E-state index contributed by atoms with van der Waals surface area (Å²) in [5, 5.41) is 2.60. The standard InChI is InChI=1S/C23H15NO6S/c25-18(13-29-19-11-5-7-14-6-1-2-8-15(14)19)23-24-22-17-10-4-3-9-16(17)21(31(26,27)28)12-20(22)30-23/h1-12H,13H2,(H,26,27,28). The van der Waals surface area contributed by atoms with Crippen molar-refractivity contribution in [2.75, 3.05) is 6.61 Å². The molecule has 0 unspecified atom stereocenters. The molecule has 0 aliphatic heterocycles.